The van der Waals surface area contributed by atoms with E-state index in [9.17, 15) is 15.0 Å². The first kappa shape index (κ1) is 13.6. The van der Waals surface area contributed by atoms with Gasteiger partial charge in [-0.05, 0) is 57.8 Å². The average Bonchev–Trinajstić information content (AvgIpc) is 2.67. The summed E-state index contributed by atoms with van der Waals surface area (Å²) in [6.45, 7) is 5.85. The van der Waals surface area contributed by atoms with E-state index in [0.717, 1.165) is 32.1 Å². The Morgan fingerprint density at radius 2 is 2.11 bits per heavy atom. The molecule has 0 saturated heterocycles. The van der Waals surface area contributed by atoms with Crippen LogP contribution in [0.15, 0.2) is 11.6 Å². The minimum absolute atomic E-state index is 0.200. The summed E-state index contributed by atoms with van der Waals surface area (Å²) in [4.78, 5) is 11.5. The van der Waals surface area contributed by atoms with Gasteiger partial charge in [0.25, 0.3) is 0 Å². The number of carboxylic acids is 1. The fourth-order valence-corrected chi connectivity index (χ4v) is 3.89. The lowest BCUT2D eigenvalue weighted by Crippen LogP contribution is -2.37. The van der Waals surface area contributed by atoms with Gasteiger partial charge in [0.05, 0.1) is 5.60 Å². The molecule has 0 aromatic rings. The number of carboxylic acid groups (broad SMARTS) is 1. The number of hydrogen-bond donors (Lipinski definition) is 2. The van der Waals surface area contributed by atoms with Crippen LogP contribution in [-0.4, -0.2) is 21.8 Å². The van der Waals surface area contributed by atoms with Crippen molar-refractivity contribution >= 4 is 5.97 Å². The van der Waals surface area contributed by atoms with Crippen LogP contribution in [0.3, 0.4) is 0 Å². The summed E-state index contributed by atoms with van der Waals surface area (Å²) in [6, 6.07) is 0. The fourth-order valence-electron chi connectivity index (χ4n) is 3.89. The summed E-state index contributed by atoms with van der Waals surface area (Å²) in [7, 11) is 0. The summed E-state index contributed by atoms with van der Waals surface area (Å²) in [5.74, 6) is -0.153. The molecule has 2 N–H and O–H groups in total. The Morgan fingerprint density at radius 1 is 1.44 bits per heavy atom. The average molecular weight is 252 g/mol. The van der Waals surface area contributed by atoms with E-state index in [1.807, 2.05) is 19.9 Å². The lowest BCUT2D eigenvalue weighted by Gasteiger charge is -2.40. The molecule has 2 rings (SSSR count). The molecule has 0 heterocycles. The predicted octanol–water partition coefficient (Wildman–Crippen LogP) is 2.98. The van der Waals surface area contributed by atoms with Crippen molar-refractivity contribution in [2.45, 2.75) is 58.5 Å². The first-order valence-corrected chi connectivity index (χ1v) is 6.93. The molecule has 3 heteroatoms. The summed E-state index contributed by atoms with van der Waals surface area (Å²) in [6.07, 6.45) is 6.50. The molecule has 0 bridgehead atoms. The molecule has 0 amide bonds. The number of hydrogen-bond acceptors (Lipinski definition) is 2. The largest absolute Gasteiger partial charge is 0.478 e. The van der Waals surface area contributed by atoms with Crippen LogP contribution < -0.4 is 0 Å². The zero-order chi connectivity index (χ0) is 13.6. The van der Waals surface area contributed by atoms with Gasteiger partial charge in [-0.1, -0.05) is 13.0 Å². The number of allylic oxidation sites excluding steroid dienone is 1. The van der Waals surface area contributed by atoms with E-state index in [-0.39, 0.29) is 11.3 Å². The Bertz CT molecular complexity index is 378. The molecule has 0 radical (unpaired) electrons. The molecule has 1 saturated carbocycles. The minimum atomic E-state index is -0.766. The smallest absolute Gasteiger partial charge is 0.331 e. The first-order chi connectivity index (χ1) is 8.27. The van der Waals surface area contributed by atoms with Crippen LogP contribution in [0.1, 0.15) is 52.9 Å². The van der Waals surface area contributed by atoms with Gasteiger partial charge in [0, 0.05) is 11.0 Å². The zero-order valence-electron chi connectivity index (χ0n) is 11.6. The van der Waals surface area contributed by atoms with Crippen LogP contribution >= 0.6 is 0 Å². The molecular formula is C15H24O3. The van der Waals surface area contributed by atoms with Crippen molar-refractivity contribution in [2.24, 2.45) is 17.3 Å². The van der Waals surface area contributed by atoms with Crippen LogP contribution in [0.5, 0.6) is 0 Å². The van der Waals surface area contributed by atoms with Crippen molar-refractivity contribution in [3.05, 3.63) is 11.6 Å². The zero-order valence-corrected chi connectivity index (χ0v) is 11.6. The third-order valence-electron chi connectivity index (χ3n) is 5.21. The third kappa shape index (κ3) is 2.09. The molecule has 3 nitrogen and oxygen atoms in total. The maximum absolute atomic E-state index is 11.5. The standard InChI is InChI=1S/C15H24O3/c1-10-5-4-6-12(13(16)17)15(10)8-7-11(9-15)14(2,3)18/h6,10-11,18H,4-5,7-9H2,1-3H3,(H,16,17). The number of rotatable bonds is 2. The third-order valence-corrected chi connectivity index (χ3v) is 5.21. The van der Waals surface area contributed by atoms with Crippen molar-refractivity contribution in [1.29, 1.82) is 0 Å². The molecule has 3 atom stereocenters. The highest BCUT2D eigenvalue weighted by molar-refractivity contribution is 5.88. The van der Waals surface area contributed by atoms with Gasteiger partial charge < -0.3 is 10.2 Å². The summed E-state index contributed by atoms with van der Waals surface area (Å²) in [5, 5.41) is 19.6. The van der Waals surface area contributed by atoms with Crippen LogP contribution in [0, 0.1) is 17.3 Å². The lowest BCUT2D eigenvalue weighted by atomic mass is 9.64. The van der Waals surface area contributed by atoms with Crippen LogP contribution in [0.4, 0.5) is 0 Å². The monoisotopic (exact) mass is 252 g/mol. The van der Waals surface area contributed by atoms with Gasteiger partial charge >= 0.3 is 5.97 Å². The summed E-state index contributed by atoms with van der Waals surface area (Å²) in [5.41, 5.74) is -0.299. The van der Waals surface area contributed by atoms with Crippen LogP contribution in [0.25, 0.3) is 0 Å². The molecule has 102 valence electrons. The number of aliphatic hydroxyl groups is 1. The van der Waals surface area contributed by atoms with Gasteiger partial charge in [0.2, 0.25) is 0 Å². The van der Waals surface area contributed by atoms with Gasteiger partial charge in [-0.15, -0.1) is 0 Å². The molecule has 2 aliphatic rings. The number of carbonyl (C=O) groups is 1. The second-order valence-corrected chi connectivity index (χ2v) is 6.65. The van der Waals surface area contributed by atoms with Gasteiger partial charge in [-0.2, -0.15) is 0 Å². The Morgan fingerprint density at radius 3 is 2.61 bits per heavy atom. The summed E-state index contributed by atoms with van der Waals surface area (Å²) >= 11 is 0. The van der Waals surface area contributed by atoms with Crippen molar-refractivity contribution in [3.8, 4) is 0 Å². The number of aliphatic carboxylic acids is 1. The molecule has 2 aliphatic carbocycles. The van der Waals surface area contributed by atoms with E-state index in [0.29, 0.717) is 11.5 Å². The van der Waals surface area contributed by atoms with Crippen molar-refractivity contribution in [1.82, 2.24) is 0 Å². The molecule has 1 fully saturated rings. The maximum Gasteiger partial charge on any atom is 0.331 e. The molecule has 0 aromatic heterocycles. The Labute approximate surface area is 109 Å². The molecule has 1 spiro atoms. The van der Waals surface area contributed by atoms with Crippen LogP contribution in [-0.2, 0) is 4.79 Å². The molecule has 18 heavy (non-hydrogen) atoms. The second-order valence-electron chi connectivity index (χ2n) is 6.65. The highest BCUT2D eigenvalue weighted by Crippen LogP contribution is 2.57. The molecular weight excluding hydrogens is 228 g/mol. The van der Waals surface area contributed by atoms with Crippen molar-refractivity contribution in [3.63, 3.8) is 0 Å². The topological polar surface area (TPSA) is 57.5 Å². The van der Waals surface area contributed by atoms with Crippen LogP contribution in [0.2, 0.25) is 0 Å². The fraction of sp³-hybridized carbons (Fsp3) is 0.800. The minimum Gasteiger partial charge on any atom is -0.478 e. The Balaban J connectivity index is 2.32. The Kier molecular flexibility index (Phi) is 3.30. The summed E-state index contributed by atoms with van der Waals surface area (Å²) < 4.78 is 0. The highest BCUT2D eigenvalue weighted by atomic mass is 16.4. The van der Waals surface area contributed by atoms with E-state index < -0.39 is 11.6 Å². The van der Waals surface area contributed by atoms with Gasteiger partial charge in [-0.3, -0.25) is 0 Å². The van der Waals surface area contributed by atoms with E-state index in [4.69, 9.17) is 0 Å². The quantitative estimate of drug-likeness (QED) is 0.794. The van der Waals surface area contributed by atoms with Gasteiger partial charge in [0.1, 0.15) is 0 Å². The van der Waals surface area contributed by atoms with E-state index in [2.05, 4.69) is 6.92 Å². The Hall–Kier alpha value is -0.830. The van der Waals surface area contributed by atoms with Crippen molar-refractivity contribution in [2.75, 3.05) is 0 Å². The van der Waals surface area contributed by atoms with Gasteiger partial charge in [0.15, 0.2) is 0 Å². The molecule has 0 aliphatic heterocycles. The predicted molar refractivity (Wildman–Crippen MR) is 70.2 cm³/mol. The van der Waals surface area contributed by atoms with E-state index in [1.165, 1.54) is 0 Å². The maximum atomic E-state index is 11.5. The molecule has 3 unspecified atom stereocenters. The molecule has 0 aromatic carbocycles. The lowest BCUT2D eigenvalue weighted by molar-refractivity contribution is -0.134. The normalized spacial score (nSPS) is 36.8. The van der Waals surface area contributed by atoms with Gasteiger partial charge in [-0.25, -0.2) is 4.79 Å². The van der Waals surface area contributed by atoms with Crippen molar-refractivity contribution < 1.29 is 15.0 Å². The van der Waals surface area contributed by atoms with E-state index in [1.54, 1.807) is 0 Å². The highest BCUT2D eigenvalue weighted by Gasteiger charge is 2.51. The SMILES string of the molecule is CC1CCC=C(C(=O)O)C12CCC(C(C)(C)O)C2. The van der Waals surface area contributed by atoms with E-state index >= 15 is 0 Å². The second kappa shape index (κ2) is 4.37. The first-order valence-electron chi connectivity index (χ1n) is 6.93.